The number of aryl methyl sites for hydroxylation is 1. The Morgan fingerprint density at radius 3 is 2.69 bits per heavy atom. The van der Waals surface area contributed by atoms with Crippen LogP contribution in [0.2, 0.25) is 0 Å². The number of hydrogen-bond donors (Lipinski definition) is 0. The highest BCUT2D eigenvalue weighted by molar-refractivity contribution is 5.26. The minimum atomic E-state index is 0.738. The first-order valence-electron chi connectivity index (χ1n) is 6.19. The summed E-state index contributed by atoms with van der Waals surface area (Å²) in [6.07, 6.45) is 2.68. The second kappa shape index (κ2) is 5.35. The van der Waals surface area contributed by atoms with Crippen LogP contribution in [0.15, 0.2) is 24.3 Å². The van der Waals surface area contributed by atoms with E-state index in [4.69, 9.17) is 4.74 Å². The van der Waals surface area contributed by atoms with E-state index in [9.17, 15) is 0 Å². The number of hydrogen-bond acceptors (Lipinski definition) is 2. The number of likely N-dealkylation sites (tertiary alicyclic amines) is 1. The highest BCUT2D eigenvalue weighted by Gasteiger charge is 2.19. The normalized spacial score (nSPS) is 21.2. The van der Waals surface area contributed by atoms with Crippen molar-refractivity contribution in [3.05, 3.63) is 29.8 Å². The monoisotopic (exact) mass is 219 g/mol. The van der Waals surface area contributed by atoms with Crippen molar-refractivity contribution in [3.63, 3.8) is 0 Å². The van der Waals surface area contributed by atoms with Crippen LogP contribution in [-0.2, 0) is 0 Å². The number of nitrogens with zero attached hydrogens (tertiary/aromatic N) is 1. The maximum atomic E-state index is 5.73. The number of benzene rings is 1. The molecule has 1 aromatic rings. The van der Waals surface area contributed by atoms with E-state index in [2.05, 4.69) is 30.9 Å². The average molecular weight is 219 g/mol. The molecule has 1 aliphatic rings. The third-order valence-electron chi connectivity index (χ3n) is 3.36. The van der Waals surface area contributed by atoms with Gasteiger partial charge in [0, 0.05) is 12.6 Å². The Labute approximate surface area is 98.2 Å². The topological polar surface area (TPSA) is 12.5 Å². The lowest BCUT2D eigenvalue weighted by atomic mass is 10.2. The lowest BCUT2D eigenvalue weighted by Gasteiger charge is -2.20. The van der Waals surface area contributed by atoms with Crippen LogP contribution in [0, 0.1) is 6.92 Å². The maximum absolute atomic E-state index is 5.73. The van der Waals surface area contributed by atoms with Crippen molar-refractivity contribution < 1.29 is 4.74 Å². The first-order valence-corrected chi connectivity index (χ1v) is 6.19. The molecule has 1 atom stereocenters. The van der Waals surface area contributed by atoms with Crippen LogP contribution < -0.4 is 4.74 Å². The molecule has 0 N–H and O–H groups in total. The third-order valence-corrected chi connectivity index (χ3v) is 3.36. The Kier molecular flexibility index (Phi) is 3.83. The van der Waals surface area contributed by atoms with Gasteiger partial charge in [0.15, 0.2) is 0 Å². The zero-order valence-electron chi connectivity index (χ0n) is 10.3. The first-order chi connectivity index (χ1) is 7.75. The van der Waals surface area contributed by atoms with Crippen molar-refractivity contribution in [2.75, 3.05) is 19.7 Å². The maximum Gasteiger partial charge on any atom is 0.119 e. The van der Waals surface area contributed by atoms with Gasteiger partial charge < -0.3 is 4.74 Å². The molecule has 1 aromatic carbocycles. The highest BCUT2D eigenvalue weighted by Crippen LogP contribution is 2.16. The molecule has 0 amide bonds. The zero-order chi connectivity index (χ0) is 11.4. The number of rotatable bonds is 4. The predicted octanol–water partition coefficient (Wildman–Crippen LogP) is 2.86. The van der Waals surface area contributed by atoms with Crippen LogP contribution in [-0.4, -0.2) is 30.6 Å². The molecule has 1 aliphatic heterocycles. The molecule has 0 radical (unpaired) electrons. The fourth-order valence-corrected chi connectivity index (χ4v) is 2.24. The van der Waals surface area contributed by atoms with Crippen LogP contribution in [0.4, 0.5) is 0 Å². The van der Waals surface area contributed by atoms with Crippen LogP contribution in [0.5, 0.6) is 5.75 Å². The summed E-state index contributed by atoms with van der Waals surface area (Å²) in [4.78, 5) is 2.51. The molecule has 88 valence electrons. The van der Waals surface area contributed by atoms with Gasteiger partial charge in [0.2, 0.25) is 0 Å². The molecule has 2 rings (SSSR count). The van der Waals surface area contributed by atoms with Crippen molar-refractivity contribution in [3.8, 4) is 5.75 Å². The van der Waals surface area contributed by atoms with Crippen molar-refractivity contribution in [2.45, 2.75) is 32.7 Å². The SMILES string of the molecule is Cc1ccc(OCCN2CCC[C@H]2C)cc1. The summed E-state index contributed by atoms with van der Waals surface area (Å²) in [6, 6.07) is 9.01. The van der Waals surface area contributed by atoms with Crippen LogP contribution in [0.3, 0.4) is 0 Å². The first kappa shape index (κ1) is 11.5. The molecule has 0 spiro atoms. The summed E-state index contributed by atoms with van der Waals surface area (Å²) in [5, 5.41) is 0. The largest absolute Gasteiger partial charge is 0.492 e. The summed E-state index contributed by atoms with van der Waals surface area (Å²) >= 11 is 0. The second-order valence-electron chi connectivity index (χ2n) is 4.69. The number of ether oxygens (including phenoxy) is 1. The molecule has 0 aromatic heterocycles. The van der Waals surface area contributed by atoms with Gasteiger partial charge in [0.05, 0.1) is 0 Å². The minimum absolute atomic E-state index is 0.738. The van der Waals surface area contributed by atoms with Gasteiger partial charge in [-0.2, -0.15) is 0 Å². The Bertz CT molecular complexity index is 320. The van der Waals surface area contributed by atoms with E-state index in [0.29, 0.717) is 0 Å². The summed E-state index contributed by atoms with van der Waals surface area (Å²) in [7, 11) is 0. The van der Waals surface area contributed by atoms with E-state index in [1.165, 1.54) is 24.9 Å². The molecule has 1 saturated heterocycles. The quantitative estimate of drug-likeness (QED) is 0.772. The summed E-state index contributed by atoms with van der Waals surface area (Å²) in [5.41, 5.74) is 1.28. The van der Waals surface area contributed by atoms with Gasteiger partial charge in [-0.1, -0.05) is 17.7 Å². The summed E-state index contributed by atoms with van der Waals surface area (Å²) in [5.74, 6) is 0.984. The van der Waals surface area contributed by atoms with Crippen molar-refractivity contribution in [1.82, 2.24) is 4.90 Å². The molecular weight excluding hydrogens is 198 g/mol. The molecular formula is C14H21NO. The fraction of sp³-hybridized carbons (Fsp3) is 0.571. The molecule has 0 unspecified atom stereocenters. The lowest BCUT2D eigenvalue weighted by Crippen LogP contribution is -2.31. The molecule has 16 heavy (non-hydrogen) atoms. The van der Waals surface area contributed by atoms with Crippen molar-refractivity contribution in [1.29, 1.82) is 0 Å². The van der Waals surface area contributed by atoms with E-state index in [0.717, 1.165) is 24.9 Å². The lowest BCUT2D eigenvalue weighted by molar-refractivity contribution is 0.204. The minimum Gasteiger partial charge on any atom is -0.492 e. The fourth-order valence-electron chi connectivity index (χ4n) is 2.24. The smallest absolute Gasteiger partial charge is 0.119 e. The Balaban J connectivity index is 1.73. The summed E-state index contributed by atoms with van der Waals surface area (Å²) < 4.78 is 5.73. The van der Waals surface area contributed by atoms with Gasteiger partial charge in [0.1, 0.15) is 12.4 Å². The van der Waals surface area contributed by atoms with E-state index in [1.54, 1.807) is 0 Å². The van der Waals surface area contributed by atoms with E-state index in [-0.39, 0.29) is 0 Å². The van der Waals surface area contributed by atoms with E-state index >= 15 is 0 Å². The van der Waals surface area contributed by atoms with Gasteiger partial charge in [0.25, 0.3) is 0 Å². The molecule has 0 aliphatic carbocycles. The van der Waals surface area contributed by atoms with Gasteiger partial charge in [-0.3, -0.25) is 4.90 Å². The molecule has 0 bridgehead atoms. The Hall–Kier alpha value is -1.02. The van der Waals surface area contributed by atoms with Crippen molar-refractivity contribution in [2.24, 2.45) is 0 Å². The van der Waals surface area contributed by atoms with E-state index in [1.807, 2.05) is 12.1 Å². The highest BCUT2D eigenvalue weighted by atomic mass is 16.5. The summed E-state index contributed by atoms with van der Waals surface area (Å²) in [6.45, 7) is 7.48. The molecule has 1 heterocycles. The second-order valence-corrected chi connectivity index (χ2v) is 4.69. The average Bonchev–Trinajstić information content (AvgIpc) is 2.68. The molecule has 2 heteroatoms. The third kappa shape index (κ3) is 2.99. The van der Waals surface area contributed by atoms with Crippen LogP contribution in [0.1, 0.15) is 25.3 Å². The molecule has 0 saturated carbocycles. The zero-order valence-corrected chi connectivity index (χ0v) is 10.3. The van der Waals surface area contributed by atoms with Gasteiger partial charge in [-0.05, 0) is 45.4 Å². The van der Waals surface area contributed by atoms with Crippen LogP contribution in [0.25, 0.3) is 0 Å². The Morgan fingerprint density at radius 1 is 1.31 bits per heavy atom. The van der Waals surface area contributed by atoms with Gasteiger partial charge in [-0.15, -0.1) is 0 Å². The van der Waals surface area contributed by atoms with Gasteiger partial charge in [-0.25, -0.2) is 0 Å². The Morgan fingerprint density at radius 2 is 2.06 bits per heavy atom. The molecule has 2 nitrogen and oxygen atoms in total. The predicted molar refractivity (Wildman–Crippen MR) is 66.9 cm³/mol. The van der Waals surface area contributed by atoms with Gasteiger partial charge >= 0.3 is 0 Å². The van der Waals surface area contributed by atoms with E-state index < -0.39 is 0 Å². The van der Waals surface area contributed by atoms with Crippen molar-refractivity contribution >= 4 is 0 Å². The standard InChI is InChI=1S/C14H21NO/c1-12-5-7-14(8-6-12)16-11-10-15-9-3-4-13(15)2/h5-8,13H,3-4,9-11H2,1-2H3/t13-/m1/s1. The molecule has 1 fully saturated rings. The van der Waals surface area contributed by atoms with Crippen LogP contribution >= 0.6 is 0 Å².